The van der Waals surface area contributed by atoms with E-state index in [4.69, 9.17) is 0 Å². The summed E-state index contributed by atoms with van der Waals surface area (Å²) in [6.45, 7) is 7.81. The molecule has 0 atom stereocenters. The highest BCUT2D eigenvalue weighted by atomic mass is 16.4. The van der Waals surface area contributed by atoms with Crippen LogP contribution in [0.3, 0.4) is 0 Å². The molecule has 0 aliphatic heterocycles. The zero-order chi connectivity index (χ0) is 15.0. The highest BCUT2D eigenvalue weighted by Crippen LogP contribution is 2.32. The number of carbonyl (C=O) groups excluding carboxylic acids is 1. The molecule has 0 amide bonds. The second kappa shape index (κ2) is 5.12. The molecule has 0 unspecified atom stereocenters. The van der Waals surface area contributed by atoms with Crippen LogP contribution in [0.4, 0.5) is 0 Å². The van der Waals surface area contributed by atoms with E-state index in [2.05, 4.69) is 0 Å². The third-order valence-corrected chi connectivity index (χ3v) is 3.72. The molecule has 1 heterocycles. The maximum absolute atomic E-state index is 11.6. The van der Waals surface area contributed by atoms with Gasteiger partial charge >= 0.3 is 5.97 Å². The van der Waals surface area contributed by atoms with Gasteiger partial charge in [0.05, 0.1) is 11.1 Å². The number of carboxylic acids is 1. The summed E-state index contributed by atoms with van der Waals surface area (Å²) >= 11 is 0. The predicted molar refractivity (Wildman–Crippen MR) is 78.8 cm³/mol. The summed E-state index contributed by atoms with van der Waals surface area (Å²) in [5, 5.41) is 10.2. The van der Waals surface area contributed by atoms with Gasteiger partial charge in [-0.1, -0.05) is 6.92 Å². The van der Waals surface area contributed by atoms with Gasteiger partial charge in [0, 0.05) is 22.7 Å². The molecule has 0 aliphatic carbocycles. The lowest BCUT2D eigenvalue weighted by atomic mass is 10.0. The molecule has 0 spiro atoms. The van der Waals surface area contributed by atoms with Crippen LogP contribution in [0.5, 0.6) is 0 Å². The van der Waals surface area contributed by atoms with Crippen LogP contribution in [0.2, 0.25) is 0 Å². The smallest absolute Gasteiger partial charge is 0.337 e. The number of nitrogens with zero attached hydrogens (tertiary/aromatic N) is 1. The molecule has 2 rings (SSSR count). The fourth-order valence-corrected chi connectivity index (χ4v) is 2.81. The zero-order valence-electron chi connectivity index (χ0n) is 12.2. The Morgan fingerprint density at radius 2 is 2.05 bits per heavy atom. The van der Waals surface area contributed by atoms with Crippen molar-refractivity contribution in [1.29, 1.82) is 0 Å². The Balaban J connectivity index is 3.03. The molecule has 0 saturated carbocycles. The normalized spacial score (nSPS) is 11.2. The van der Waals surface area contributed by atoms with Crippen molar-refractivity contribution in [3.63, 3.8) is 0 Å². The van der Waals surface area contributed by atoms with Crippen LogP contribution in [0, 0.1) is 6.92 Å². The molecule has 1 aromatic carbocycles. The fraction of sp³-hybridized carbons (Fsp3) is 0.375. The Hall–Kier alpha value is -2.10. The lowest BCUT2D eigenvalue weighted by Crippen LogP contribution is -2.07. The molecule has 1 N–H and O–H groups in total. The van der Waals surface area contributed by atoms with Crippen molar-refractivity contribution in [1.82, 2.24) is 4.57 Å². The van der Waals surface area contributed by atoms with Crippen molar-refractivity contribution < 1.29 is 14.7 Å². The summed E-state index contributed by atoms with van der Waals surface area (Å²) in [5.41, 5.74) is 3.25. The number of aromatic nitrogens is 1. The number of hydrogen-bond donors (Lipinski definition) is 1. The van der Waals surface area contributed by atoms with Gasteiger partial charge in [-0.15, -0.1) is 0 Å². The summed E-state index contributed by atoms with van der Waals surface area (Å²) < 4.78 is 1.93. The molecular weight excluding hydrogens is 254 g/mol. The Bertz CT molecular complexity index is 696. The number of hydrogen-bond acceptors (Lipinski definition) is 2. The number of aromatic carboxylic acids is 1. The summed E-state index contributed by atoms with van der Waals surface area (Å²) in [7, 11) is 0. The first-order chi connectivity index (χ1) is 9.42. The summed E-state index contributed by atoms with van der Waals surface area (Å²) in [6.07, 6.45) is 1.56. The van der Waals surface area contributed by atoms with Gasteiger partial charge in [0.2, 0.25) is 0 Å². The number of carboxylic acid groups (broad SMARTS) is 1. The number of rotatable bonds is 4. The van der Waals surface area contributed by atoms with Gasteiger partial charge < -0.3 is 9.67 Å². The third-order valence-electron chi connectivity index (χ3n) is 3.72. The van der Waals surface area contributed by atoms with E-state index in [9.17, 15) is 14.7 Å². The minimum absolute atomic E-state index is 0.0942. The molecule has 20 heavy (non-hydrogen) atoms. The van der Waals surface area contributed by atoms with E-state index in [1.54, 1.807) is 6.07 Å². The standard InChI is InChI=1S/C16H19NO3/c1-5-11-6-12-14(8-18)10(4)17(9(2)3)15(12)13(7-11)16(19)20/h6-9H,5H2,1-4H3,(H,19,20). The van der Waals surface area contributed by atoms with Gasteiger partial charge in [0.25, 0.3) is 0 Å². The zero-order valence-corrected chi connectivity index (χ0v) is 12.2. The van der Waals surface area contributed by atoms with Gasteiger partial charge in [-0.2, -0.15) is 0 Å². The second-order valence-corrected chi connectivity index (χ2v) is 5.28. The first kappa shape index (κ1) is 14.3. The molecule has 4 heteroatoms. The SMILES string of the molecule is CCc1cc(C(=O)O)c2c(c1)c(C=O)c(C)n2C(C)C. The lowest BCUT2D eigenvalue weighted by Gasteiger charge is -2.14. The maximum atomic E-state index is 11.6. The van der Waals surface area contributed by atoms with Crippen LogP contribution >= 0.6 is 0 Å². The number of aldehydes is 1. The average Bonchev–Trinajstić information content (AvgIpc) is 2.68. The van der Waals surface area contributed by atoms with E-state index in [0.29, 0.717) is 11.1 Å². The Kier molecular flexibility index (Phi) is 3.66. The number of aryl methyl sites for hydroxylation is 1. The van der Waals surface area contributed by atoms with E-state index < -0.39 is 5.97 Å². The van der Waals surface area contributed by atoms with Crippen molar-refractivity contribution in [2.75, 3.05) is 0 Å². The maximum Gasteiger partial charge on any atom is 0.337 e. The molecule has 0 aliphatic rings. The average molecular weight is 273 g/mol. The number of carbonyl (C=O) groups is 2. The van der Waals surface area contributed by atoms with E-state index in [-0.39, 0.29) is 11.6 Å². The van der Waals surface area contributed by atoms with Crippen molar-refractivity contribution in [3.8, 4) is 0 Å². The molecule has 0 saturated heterocycles. The van der Waals surface area contributed by atoms with E-state index in [0.717, 1.165) is 29.4 Å². The molecule has 1 aromatic heterocycles. The van der Waals surface area contributed by atoms with Crippen LogP contribution in [0.25, 0.3) is 10.9 Å². The third kappa shape index (κ3) is 2.01. The van der Waals surface area contributed by atoms with Crippen LogP contribution in [0.15, 0.2) is 12.1 Å². The van der Waals surface area contributed by atoms with Crippen LogP contribution in [-0.4, -0.2) is 21.9 Å². The molecule has 0 fully saturated rings. The highest BCUT2D eigenvalue weighted by Gasteiger charge is 2.21. The van der Waals surface area contributed by atoms with Crippen LogP contribution in [0.1, 0.15) is 58.8 Å². The minimum Gasteiger partial charge on any atom is -0.478 e. The summed E-state index contributed by atoms with van der Waals surface area (Å²) in [5.74, 6) is -0.956. The molecule has 2 aromatic rings. The highest BCUT2D eigenvalue weighted by molar-refractivity contribution is 6.08. The Labute approximate surface area is 118 Å². The summed E-state index contributed by atoms with van der Waals surface area (Å²) in [6, 6.07) is 3.73. The quantitative estimate of drug-likeness (QED) is 0.866. The molecular formula is C16H19NO3. The number of fused-ring (bicyclic) bond motifs is 1. The van der Waals surface area contributed by atoms with E-state index >= 15 is 0 Å². The topological polar surface area (TPSA) is 59.3 Å². The first-order valence-electron chi connectivity index (χ1n) is 6.78. The predicted octanol–water partition coefficient (Wildman–Crippen LogP) is 3.60. The fourth-order valence-electron chi connectivity index (χ4n) is 2.81. The van der Waals surface area contributed by atoms with Crippen LogP contribution < -0.4 is 0 Å². The minimum atomic E-state index is -0.956. The van der Waals surface area contributed by atoms with Crippen molar-refractivity contribution >= 4 is 23.2 Å². The van der Waals surface area contributed by atoms with Gasteiger partial charge in [-0.25, -0.2) is 4.79 Å². The number of benzene rings is 1. The molecule has 0 bridgehead atoms. The lowest BCUT2D eigenvalue weighted by molar-refractivity contribution is 0.0698. The molecule has 4 nitrogen and oxygen atoms in total. The van der Waals surface area contributed by atoms with Gasteiger partial charge in [-0.3, -0.25) is 4.79 Å². The van der Waals surface area contributed by atoms with Gasteiger partial charge in [-0.05, 0) is 44.9 Å². The largest absolute Gasteiger partial charge is 0.478 e. The molecule has 0 radical (unpaired) electrons. The van der Waals surface area contributed by atoms with Gasteiger partial charge in [0.1, 0.15) is 0 Å². The first-order valence-corrected chi connectivity index (χ1v) is 6.78. The second-order valence-electron chi connectivity index (χ2n) is 5.28. The van der Waals surface area contributed by atoms with E-state index in [1.165, 1.54) is 0 Å². The van der Waals surface area contributed by atoms with E-state index in [1.807, 2.05) is 38.3 Å². The molecule has 106 valence electrons. The van der Waals surface area contributed by atoms with Crippen molar-refractivity contribution in [2.45, 2.75) is 40.2 Å². The van der Waals surface area contributed by atoms with Crippen LogP contribution in [-0.2, 0) is 6.42 Å². The summed E-state index contributed by atoms with van der Waals surface area (Å²) in [4.78, 5) is 23.0. The van der Waals surface area contributed by atoms with Crippen molar-refractivity contribution in [2.24, 2.45) is 0 Å². The van der Waals surface area contributed by atoms with Gasteiger partial charge in [0.15, 0.2) is 6.29 Å². The monoisotopic (exact) mass is 273 g/mol. The van der Waals surface area contributed by atoms with Crippen molar-refractivity contribution in [3.05, 3.63) is 34.5 Å². The Morgan fingerprint density at radius 3 is 2.50 bits per heavy atom. The Morgan fingerprint density at radius 1 is 1.40 bits per heavy atom.